The molecule has 1 aromatic carbocycles. The van der Waals surface area contributed by atoms with Gasteiger partial charge in [-0.1, -0.05) is 12.1 Å². The number of para-hydroxylation sites is 1. The van der Waals surface area contributed by atoms with Crippen LogP contribution in [0.15, 0.2) is 29.1 Å². The first kappa shape index (κ1) is 11.1. The maximum absolute atomic E-state index is 11.9. The van der Waals surface area contributed by atoms with Crippen LogP contribution in [0.25, 0.3) is 10.9 Å². The van der Waals surface area contributed by atoms with Gasteiger partial charge in [-0.3, -0.25) is 9.69 Å². The molecule has 98 valence electrons. The Morgan fingerprint density at radius 1 is 1.32 bits per heavy atom. The summed E-state index contributed by atoms with van der Waals surface area (Å²) in [6.07, 6.45) is 0. The number of aromatic nitrogens is 2. The van der Waals surface area contributed by atoms with Crippen molar-refractivity contribution in [2.45, 2.75) is 6.54 Å². The number of hydrogen-bond acceptors (Lipinski definition) is 4. The van der Waals surface area contributed by atoms with E-state index in [0.29, 0.717) is 17.3 Å². The lowest BCUT2D eigenvalue weighted by Gasteiger charge is -2.54. The quantitative estimate of drug-likeness (QED) is 0.862. The second-order valence-electron chi connectivity index (χ2n) is 5.67. The fourth-order valence-electron chi connectivity index (χ4n) is 3.01. The van der Waals surface area contributed by atoms with Gasteiger partial charge in [0.25, 0.3) is 5.56 Å². The van der Waals surface area contributed by atoms with Crippen LogP contribution < -0.4 is 5.56 Å². The molecule has 1 aromatic heterocycles. The smallest absolute Gasteiger partial charge is 0.258 e. The second-order valence-corrected chi connectivity index (χ2v) is 5.67. The van der Waals surface area contributed by atoms with Gasteiger partial charge < -0.3 is 9.72 Å². The highest BCUT2D eigenvalue weighted by atomic mass is 16.5. The summed E-state index contributed by atoms with van der Waals surface area (Å²) in [6.45, 7) is 4.56. The van der Waals surface area contributed by atoms with Crippen LogP contribution in [0.3, 0.4) is 0 Å². The molecule has 2 saturated heterocycles. The second kappa shape index (κ2) is 3.88. The van der Waals surface area contributed by atoms with Crippen LogP contribution in [0.2, 0.25) is 0 Å². The first-order valence-electron chi connectivity index (χ1n) is 6.52. The van der Waals surface area contributed by atoms with Crippen molar-refractivity contribution in [3.05, 3.63) is 40.4 Å². The summed E-state index contributed by atoms with van der Waals surface area (Å²) >= 11 is 0. The monoisotopic (exact) mass is 257 g/mol. The Morgan fingerprint density at radius 3 is 2.84 bits per heavy atom. The molecular formula is C14H15N3O2. The molecule has 0 atom stereocenters. The largest absolute Gasteiger partial charge is 0.380 e. The van der Waals surface area contributed by atoms with Gasteiger partial charge in [-0.05, 0) is 12.1 Å². The lowest BCUT2D eigenvalue weighted by atomic mass is 9.78. The molecule has 0 aliphatic carbocycles. The molecule has 2 fully saturated rings. The van der Waals surface area contributed by atoms with E-state index in [9.17, 15) is 4.79 Å². The Labute approximate surface area is 110 Å². The number of nitrogens with zero attached hydrogens (tertiary/aromatic N) is 2. The number of rotatable bonds is 2. The number of fused-ring (bicyclic) bond motifs is 1. The molecule has 2 aliphatic heterocycles. The lowest BCUT2D eigenvalue weighted by Crippen LogP contribution is -2.65. The van der Waals surface area contributed by atoms with Gasteiger partial charge in [-0.15, -0.1) is 0 Å². The van der Waals surface area contributed by atoms with E-state index in [4.69, 9.17) is 4.74 Å². The first-order valence-corrected chi connectivity index (χ1v) is 6.52. The third-order valence-corrected chi connectivity index (χ3v) is 3.97. The van der Waals surface area contributed by atoms with E-state index in [1.807, 2.05) is 18.2 Å². The Hall–Kier alpha value is -1.72. The highest BCUT2D eigenvalue weighted by Gasteiger charge is 2.48. The summed E-state index contributed by atoms with van der Waals surface area (Å²) in [7, 11) is 0. The van der Waals surface area contributed by atoms with E-state index >= 15 is 0 Å². The molecule has 2 aromatic rings. The highest BCUT2D eigenvalue weighted by molar-refractivity contribution is 5.77. The molecule has 2 aliphatic rings. The summed E-state index contributed by atoms with van der Waals surface area (Å²) in [5.41, 5.74) is 1.11. The van der Waals surface area contributed by atoms with E-state index in [1.165, 1.54) is 0 Å². The molecular weight excluding hydrogens is 242 g/mol. The van der Waals surface area contributed by atoms with Crippen LogP contribution in [0.4, 0.5) is 0 Å². The van der Waals surface area contributed by atoms with Gasteiger partial charge in [0, 0.05) is 18.5 Å². The van der Waals surface area contributed by atoms with Gasteiger partial charge in [-0.2, -0.15) is 0 Å². The topological polar surface area (TPSA) is 58.2 Å². The van der Waals surface area contributed by atoms with Gasteiger partial charge in [0.2, 0.25) is 0 Å². The minimum atomic E-state index is -0.0529. The SMILES string of the molecule is O=c1[nH]c(CN2CC3(COC3)C2)nc2ccccc12. The molecule has 0 unspecified atom stereocenters. The number of likely N-dealkylation sites (tertiary alicyclic amines) is 1. The van der Waals surface area contributed by atoms with Crippen LogP contribution in [0.5, 0.6) is 0 Å². The van der Waals surface area contributed by atoms with Crippen LogP contribution in [0, 0.1) is 5.41 Å². The Balaban J connectivity index is 1.57. The highest BCUT2D eigenvalue weighted by Crippen LogP contribution is 2.37. The first-order chi connectivity index (χ1) is 9.24. The number of ether oxygens (including phenoxy) is 1. The molecule has 5 heteroatoms. The van der Waals surface area contributed by atoms with Crippen LogP contribution in [0.1, 0.15) is 5.82 Å². The van der Waals surface area contributed by atoms with Crippen LogP contribution >= 0.6 is 0 Å². The Morgan fingerprint density at radius 2 is 2.11 bits per heavy atom. The number of nitrogens with one attached hydrogen (secondary N) is 1. The average Bonchev–Trinajstić information content (AvgIpc) is 2.31. The maximum atomic E-state index is 11.9. The zero-order valence-corrected chi connectivity index (χ0v) is 10.6. The van der Waals surface area contributed by atoms with Gasteiger partial charge in [0.15, 0.2) is 0 Å². The Bertz CT molecular complexity index is 682. The van der Waals surface area contributed by atoms with E-state index in [-0.39, 0.29) is 5.56 Å². The zero-order valence-electron chi connectivity index (χ0n) is 10.6. The van der Waals surface area contributed by atoms with Gasteiger partial charge in [-0.25, -0.2) is 4.98 Å². The van der Waals surface area contributed by atoms with Crippen molar-refractivity contribution in [1.82, 2.24) is 14.9 Å². The van der Waals surface area contributed by atoms with Crippen molar-refractivity contribution in [1.29, 1.82) is 0 Å². The summed E-state index contributed by atoms with van der Waals surface area (Å²) in [5.74, 6) is 0.749. The van der Waals surface area contributed by atoms with Crippen molar-refractivity contribution in [3.63, 3.8) is 0 Å². The summed E-state index contributed by atoms with van der Waals surface area (Å²) < 4.78 is 5.26. The number of hydrogen-bond donors (Lipinski definition) is 1. The average molecular weight is 257 g/mol. The summed E-state index contributed by atoms with van der Waals surface area (Å²) in [4.78, 5) is 21.6. The number of H-pyrrole nitrogens is 1. The fraction of sp³-hybridized carbons (Fsp3) is 0.429. The molecule has 3 heterocycles. The Kier molecular flexibility index (Phi) is 2.28. The van der Waals surface area contributed by atoms with E-state index < -0.39 is 0 Å². The number of aromatic amines is 1. The predicted molar refractivity (Wildman–Crippen MR) is 70.9 cm³/mol. The molecule has 0 saturated carbocycles. The summed E-state index contributed by atoms with van der Waals surface area (Å²) in [6, 6.07) is 7.44. The lowest BCUT2D eigenvalue weighted by molar-refractivity contribution is -0.191. The van der Waals surface area contributed by atoms with E-state index in [2.05, 4.69) is 14.9 Å². The van der Waals surface area contributed by atoms with Gasteiger partial charge in [0.05, 0.1) is 30.7 Å². The van der Waals surface area contributed by atoms with Crippen molar-refractivity contribution >= 4 is 10.9 Å². The van der Waals surface area contributed by atoms with Crippen LogP contribution in [-0.2, 0) is 11.3 Å². The van der Waals surface area contributed by atoms with Crippen molar-refractivity contribution in [2.24, 2.45) is 5.41 Å². The third kappa shape index (κ3) is 1.77. The molecule has 1 spiro atoms. The predicted octanol–water partition coefficient (Wildman–Crippen LogP) is 0.755. The fourth-order valence-corrected chi connectivity index (χ4v) is 3.01. The maximum Gasteiger partial charge on any atom is 0.258 e. The van der Waals surface area contributed by atoms with E-state index in [1.54, 1.807) is 6.07 Å². The normalized spacial score (nSPS) is 21.3. The molecule has 0 bridgehead atoms. The molecule has 19 heavy (non-hydrogen) atoms. The molecule has 0 radical (unpaired) electrons. The minimum Gasteiger partial charge on any atom is -0.380 e. The van der Waals surface area contributed by atoms with Crippen LogP contribution in [-0.4, -0.2) is 41.2 Å². The van der Waals surface area contributed by atoms with Gasteiger partial charge >= 0.3 is 0 Å². The standard InChI is InChI=1S/C14H15N3O2/c18-13-10-3-1-2-4-11(10)15-12(16-13)5-17-6-14(7-17)8-19-9-14/h1-4H,5-9H2,(H,15,16,18). The molecule has 5 nitrogen and oxygen atoms in total. The van der Waals surface area contributed by atoms with Crippen molar-refractivity contribution < 1.29 is 4.74 Å². The van der Waals surface area contributed by atoms with Crippen molar-refractivity contribution in [2.75, 3.05) is 26.3 Å². The molecule has 1 N–H and O–H groups in total. The molecule has 4 rings (SSSR count). The minimum absolute atomic E-state index is 0.0529. The van der Waals surface area contributed by atoms with E-state index in [0.717, 1.165) is 37.6 Å². The third-order valence-electron chi connectivity index (χ3n) is 3.97. The molecule has 0 amide bonds. The summed E-state index contributed by atoms with van der Waals surface area (Å²) in [5, 5.41) is 0.652. The van der Waals surface area contributed by atoms with Gasteiger partial charge in [0.1, 0.15) is 5.82 Å². The zero-order chi connectivity index (χ0) is 12.9. The van der Waals surface area contributed by atoms with Crippen molar-refractivity contribution in [3.8, 4) is 0 Å². The number of benzene rings is 1.